The zero-order chi connectivity index (χ0) is 17.6. The normalized spacial score (nSPS) is 29.8. The average Bonchev–Trinajstić information content (AvgIpc) is 3.30. The lowest BCUT2D eigenvalue weighted by molar-refractivity contribution is -0.146. The van der Waals surface area contributed by atoms with Crippen molar-refractivity contribution in [3.8, 4) is 0 Å². The van der Waals surface area contributed by atoms with Crippen LogP contribution in [0.15, 0.2) is 36.4 Å². The molecule has 4 atom stereocenters. The van der Waals surface area contributed by atoms with Gasteiger partial charge in [0.05, 0.1) is 18.4 Å². The third kappa shape index (κ3) is 2.65. The molecule has 7 heteroatoms. The number of rotatable bonds is 4. The minimum absolute atomic E-state index is 0.00950. The summed E-state index contributed by atoms with van der Waals surface area (Å²) in [6, 6.07) is 6.88. The van der Waals surface area contributed by atoms with Crippen LogP contribution in [0, 0.1) is 23.7 Å². The molecular formula is C18H18N2O5. The van der Waals surface area contributed by atoms with Gasteiger partial charge in [0, 0.05) is 11.4 Å². The van der Waals surface area contributed by atoms with E-state index in [0.717, 1.165) is 6.42 Å². The van der Waals surface area contributed by atoms with E-state index in [4.69, 9.17) is 4.74 Å². The zero-order valence-electron chi connectivity index (χ0n) is 13.4. The predicted molar refractivity (Wildman–Crippen MR) is 89.1 cm³/mol. The number of carbonyl (C=O) groups is 3. The van der Waals surface area contributed by atoms with Gasteiger partial charge in [0.25, 0.3) is 0 Å². The second-order valence-corrected chi connectivity index (χ2v) is 6.64. The van der Waals surface area contributed by atoms with Crippen molar-refractivity contribution < 1.29 is 24.2 Å². The van der Waals surface area contributed by atoms with Crippen LogP contribution in [0.1, 0.15) is 6.42 Å². The van der Waals surface area contributed by atoms with Crippen molar-refractivity contribution in [3.05, 3.63) is 36.4 Å². The minimum Gasteiger partial charge on any atom is -0.481 e. The molecule has 2 amide bonds. The van der Waals surface area contributed by atoms with Gasteiger partial charge in [0.1, 0.15) is 6.61 Å². The Bertz CT molecular complexity index is 757. The first kappa shape index (κ1) is 15.7. The molecule has 1 saturated heterocycles. The number of ether oxygens (including phenoxy) is 1. The van der Waals surface area contributed by atoms with Crippen LogP contribution < -0.4 is 10.2 Å². The fourth-order valence-corrected chi connectivity index (χ4v) is 4.09. The van der Waals surface area contributed by atoms with E-state index in [2.05, 4.69) is 5.32 Å². The van der Waals surface area contributed by atoms with Gasteiger partial charge in [-0.25, -0.2) is 4.79 Å². The van der Waals surface area contributed by atoms with Crippen molar-refractivity contribution in [1.29, 1.82) is 0 Å². The third-order valence-electron chi connectivity index (χ3n) is 5.25. The molecule has 1 aromatic carbocycles. The Hall–Kier alpha value is -2.83. The molecule has 2 N–H and O–H groups in total. The highest BCUT2D eigenvalue weighted by molar-refractivity contribution is 5.97. The van der Waals surface area contributed by atoms with E-state index < -0.39 is 17.8 Å². The van der Waals surface area contributed by atoms with Crippen LogP contribution in [0.2, 0.25) is 0 Å². The highest BCUT2D eigenvalue weighted by Gasteiger charge is 2.51. The van der Waals surface area contributed by atoms with Gasteiger partial charge >= 0.3 is 12.1 Å². The molecule has 0 unspecified atom stereocenters. The molecule has 1 aromatic rings. The van der Waals surface area contributed by atoms with E-state index in [0.29, 0.717) is 24.5 Å². The van der Waals surface area contributed by atoms with Crippen LogP contribution in [-0.2, 0) is 14.3 Å². The molecule has 1 saturated carbocycles. The maximum Gasteiger partial charge on any atom is 0.414 e. The topological polar surface area (TPSA) is 95.9 Å². The van der Waals surface area contributed by atoms with Gasteiger partial charge in [0.2, 0.25) is 5.91 Å². The summed E-state index contributed by atoms with van der Waals surface area (Å²) in [6.45, 7) is 0.869. The first-order valence-electron chi connectivity index (χ1n) is 8.31. The average molecular weight is 342 g/mol. The van der Waals surface area contributed by atoms with Gasteiger partial charge in [-0.05, 0) is 42.5 Å². The Morgan fingerprint density at radius 1 is 1.12 bits per heavy atom. The van der Waals surface area contributed by atoms with E-state index >= 15 is 0 Å². The van der Waals surface area contributed by atoms with Crippen LogP contribution in [0.4, 0.5) is 16.2 Å². The summed E-state index contributed by atoms with van der Waals surface area (Å²) in [5.74, 6) is -2.45. The second-order valence-electron chi connectivity index (χ2n) is 6.64. The summed E-state index contributed by atoms with van der Waals surface area (Å²) in [5, 5.41) is 12.3. The quantitative estimate of drug-likeness (QED) is 0.817. The molecule has 0 aromatic heterocycles. The number of carboxylic acid groups (broad SMARTS) is 1. The molecule has 2 fully saturated rings. The SMILES string of the molecule is O=C(O)[C@@H]1[C@H](C(=O)Nc2ccc(N3CCOC3=O)cc2)[C@H]2C=C[C@H]1C2. The van der Waals surface area contributed by atoms with Gasteiger partial charge in [-0.3, -0.25) is 14.5 Å². The van der Waals surface area contributed by atoms with Crippen molar-refractivity contribution in [2.45, 2.75) is 6.42 Å². The molecule has 4 rings (SSSR count). The van der Waals surface area contributed by atoms with Crippen molar-refractivity contribution in [1.82, 2.24) is 0 Å². The number of benzene rings is 1. The van der Waals surface area contributed by atoms with E-state index in [1.165, 1.54) is 4.90 Å². The zero-order valence-corrected chi connectivity index (χ0v) is 13.4. The molecule has 1 aliphatic heterocycles. The van der Waals surface area contributed by atoms with E-state index in [9.17, 15) is 19.5 Å². The predicted octanol–water partition coefficient (Wildman–Crippen LogP) is 2.10. The number of amides is 2. The number of cyclic esters (lactones) is 1. The number of carbonyl (C=O) groups excluding carboxylic acids is 2. The number of nitrogens with one attached hydrogen (secondary N) is 1. The number of hydrogen-bond donors (Lipinski definition) is 2. The van der Waals surface area contributed by atoms with Gasteiger partial charge in [-0.15, -0.1) is 0 Å². The molecule has 130 valence electrons. The summed E-state index contributed by atoms with van der Waals surface area (Å²) in [5.41, 5.74) is 1.28. The summed E-state index contributed by atoms with van der Waals surface area (Å²) in [6.07, 6.45) is 4.22. The number of allylic oxidation sites excluding steroid dienone is 2. The third-order valence-corrected chi connectivity index (χ3v) is 5.25. The number of anilines is 2. The highest BCUT2D eigenvalue weighted by atomic mass is 16.6. The van der Waals surface area contributed by atoms with Crippen molar-refractivity contribution >= 4 is 29.3 Å². The van der Waals surface area contributed by atoms with E-state index in [1.54, 1.807) is 24.3 Å². The van der Waals surface area contributed by atoms with Gasteiger partial charge in [-0.1, -0.05) is 12.2 Å². The Morgan fingerprint density at radius 3 is 2.40 bits per heavy atom. The number of nitrogens with zero attached hydrogens (tertiary/aromatic N) is 1. The fourth-order valence-electron chi connectivity index (χ4n) is 4.09. The Balaban J connectivity index is 1.47. The molecule has 1 heterocycles. The number of hydrogen-bond acceptors (Lipinski definition) is 4. The first-order chi connectivity index (χ1) is 12.0. The molecular weight excluding hydrogens is 324 g/mol. The minimum atomic E-state index is -0.917. The van der Waals surface area contributed by atoms with Crippen LogP contribution in [-0.4, -0.2) is 36.2 Å². The van der Waals surface area contributed by atoms with Gasteiger partial charge < -0.3 is 15.2 Å². The van der Waals surface area contributed by atoms with E-state index in [-0.39, 0.29) is 23.8 Å². The van der Waals surface area contributed by atoms with Gasteiger partial charge in [-0.2, -0.15) is 0 Å². The van der Waals surface area contributed by atoms with Crippen LogP contribution in [0.25, 0.3) is 0 Å². The summed E-state index contributed by atoms with van der Waals surface area (Å²) in [4.78, 5) is 37.2. The number of aliphatic carboxylic acids is 1. The van der Waals surface area contributed by atoms with Gasteiger partial charge in [0.15, 0.2) is 0 Å². The molecule has 0 radical (unpaired) electrons. The largest absolute Gasteiger partial charge is 0.481 e. The standard InChI is InChI=1S/C18H18N2O5/c21-16(14-10-1-2-11(9-10)15(14)17(22)23)19-12-3-5-13(6-4-12)20-7-8-25-18(20)24/h1-6,10-11,14-15H,7-9H2,(H,19,21)(H,22,23)/t10-,11-,14+,15-/m0/s1. The van der Waals surface area contributed by atoms with E-state index in [1.807, 2.05) is 12.2 Å². The Morgan fingerprint density at radius 2 is 1.80 bits per heavy atom. The fraction of sp³-hybridized carbons (Fsp3) is 0.389. The van der Waals surface area contributed by atoms with Crippen LogP contribution >= 0.6 is 0 Å². The lowest BCUT2D eigenvalue weighted by Crippen LogP contribution is -2.36. The van der Waals surface area contributed by atoms with Crippen molar-refractivity contribution in [2.75, 3.05) is 23.4 Å². The summed E-state index contributed by atoms with van der Waals surface area (Å²) in [7, 11) is 0. The van der Waals surface area contributed by atoms with Crippen LogP contribution in [0.3, 0.4) is 0 Å². The summed E-state index contributed by atoms with van der Waals surface area (Å²) >= 11 is 0. The molecule has 3 aliphatic rings. The monoisotopic (exact) mass is 342 g/mol. The second kappa shape index (κ2) is 5.91. The highest BCUT2D eigenvalue weighted by Crippen LogP contribution is 2.48. The lowest BCUT2D eigenvalue weighted by atomic mass is 9.82. The Labute approximate surface area is 144 Å². The molecule has 2 bridgehead atoms. The molecule has 7 nitrogen and oxygen atoms in total. The first-order valence-corrected chi connectivity index (χ1v) is 8.31. The lowest BCUT2D eigenvalue weighted by Gasteiger charge is -2.24. The van der Waals surface area contributed by atoms with Crippen LogP contribution in [0.5, 0.6) is 0 Å². The number of carboxylic acids is 1. The maximum atomic E-state index is 12.6. The van der Waals surface area contributed by atoms with Crippen molar-refractivity contribution in [2.24, 2.45) is 23.7 Å². The Kier molecular flexibility index (Phi) is 3.71. The number of fused-ring (bicyclic) bond motifs is 2. The molecule has 25 heavy (non-hydrogen) atoms. The smallest absolute Gasteiger partial charge is 0.414 e. The molecule has 2 aliphatic carbocycles. The summed E-state index contributed by atoms with van der Waals surface area (Å²) < 4.78 is 4.90. The maximum absolute atomic E-state index is 12.6. The molecule has 0 spiro atoms. The van der Waals surface area contributed by atoms with Crippen molar-refractivity contribution in [3.63, 3.8) is 0 Å².